The summed E-state index contributed by atoms with van der Waals surface area (Å²) >= 11 is 5.74. The zero-order valence-electron chi connectivity index (χ0n) is 10.6. The van der Waals surface area contributed by atoms with Crippen molar-refractivity contribution in [3.63, 3.8) is 0 Å². The molecular weight excluding hydrogens is 286 g/mol. The first-order chi connectivity index (χ1) is 8.87. The first-order valence-electron chi connectivity index (χ1n) is 5.76. The minimum Gasteiger partial charge on any atom is -0.353 e. The third-order valence-electron chi connectivity index (χ3n) is 2.29. The summed E-state index contributed by atoms with van der Waals surface area (Å²) in [6.07, 6.45) is 4.67. The fourth-order valence-electron chi connectivity index (χ4n) is 1.35. The van der Waals surface area contributed by atoms with E-state index < -0.39 is 9.84 Å². The Labute approximate surface area is 118 Å². The van der Waals surface area contributed by atoms with E-state index in [0.717, 1.165) is 5.56 Å². The number of halogens is 1. The largest absolute Gasteiger partial charge is 0.353 e. The quantitative estimate of drug-likeness (QED) is 0.645. The summed E-state index contributed by atoms with van der Waals surface area (Å²) in [4.78, 5) is 11.4. The van der Waals surface area contributed by atoms with Gasteiger partial charge in [-0.2, -0.15) is 0 Å². The zero-order chi connectivity index (χ0) is 14.3. The Kier molecular flexibility index (Phi) is 6.05. The van der Waals surface area contributed by atoms with Gasteiger partial charge >= 0.3 is 0 Å². The van der Waals surface area contributed by atoms with Crippen LogP contribution in [0.5, 0.6) is 0 Å². The van der Waals surface area contributed by atoms with Crippen molar-refractivity contribution in [3.05, 3.63) is 40.9 Å². The molecule has 19 heavy (non-hydrogen) atoms. The highest BCUT2D eigenvalue weighted by Gasteiger charge is 2.01. The van der Waals surface area contributed by atoms with Crippen LogP contribution in [0.2, 0.25) is 5.02 Å². The van der Waals surface area contributed by atoms with E-state index in [4.69, 9.17) is 11.6 Å². The summed E-state index contributed by atoms with van der Waals surface area (Å²) < 4.78 is 21.8. The van der Waals surface area contributed by atoms with Crippen molar-refractivity contribution in [1.82, 2.24) is 5.32 Å². The van der Waals surface area contributed by atoms with Crippen molar-refractivity contribution in [1.29, 1.82) is 0 Å². The van der Waals surface area contributed by atoms with E-state index in [-0.39, 0.29) is 11.7 Å². The molecule has 0 spiro atoms. The van der Waals surface area contributed by atoms with Gasteiger partial charge in [0.25, 0.3) is 0 Å². The van der Waals surface area contributed by atoms with Crippen LogP contribution in [0.3, 0.4) is 0 Å². The minimum absolute atomic E-state index is 0.0776. The highest BCUT2D eigenvalue weighted by atomic mass is 35.5. The highest BCUT2D eigenvalue weighted by molar-refractivity contribution is 7.90. The lowest BCUT2D eigenvalue weighted by molar-refractivity contribution is -0.116. The molecule has 1 aromatic carbocycles. The fourth-order valence-corrected chi connectivity index (χ4v) is 2.15. The van der Waals surface area contributed by atoms with E-state index >= 15 is 0 Å². The molecule has 0 aliphatic rings. The third-order valence-corrected chi connectivity index (χ3v) is 3.57. The molecule has 0 atom stereocenters. The molecule has 0 radical (unpaired) electrons. The molecule has 1 N–H and O–H groups in total. The maximum atomic E-state index is 11.4. The predicted octanol–water partition coefficient (Wildman–Crippen LogP) is 1.90. The lowest BCUT2D eigenvalue weighted by atomic mass is 10.2. The van der Waals surface area contributed by atoms with Crippen LogP contribution in [-0.4, -0.2) is 32.9 Å². The Morgan fingerprint density at radius 2 is 1.95 bits per heavy atom. The minimum atomic E-state index is -2.96. The number of amides is 1. The fraction of sp³-hybridized carbons (Fsp3) is 0.308. The number of benzene rings is 1. The van der Waals surface area contributed by atoms with Gasteiger partial charge in [0.1, 0.15) is 9.84 Å². The normalized spacial score (nSPS) is 11.7. The van der Waals surface area contributed by atoms with Gasteiger partial charge in [-0.25, -0.2) is 8.42 Å². The lowest BCUT2D eigenvalue weighted by Crippen LogP contribution is -2.23. The first kappa shape index (κ1) is 15.7. The van der Waals surface area contributed by atoms with Gasteiger partial charge < -0.3 is 5.32 Å². The number of carbonyl (C=O) groups excluding carboxylic acids is 1. The summed E-state index contributed by atoms with van der Waals surface area (Å²) in [5.74, 6) is -0.169. The molecule has 0 bridgehead atoms. The molecule has 104 valence electrons. The average Bonchev–Trinajstić information content (AvgIpc) is 2.33. The van der Waals surface area contributed by atoms with E-state index in [1.165, 1.54) is 12.3 Å². The number of carbonyl (C=O) groups is 1. The van der Waals surface area contributed by atoms with Gasteiger partial charge in [-0.1, -0.05) is 23.7 Å². The average molecular weight is 302 g/mol. The standard InChI is InChI=1S/C13H16ClNO3S/c1-19(17,18)10-2-9-15-13(16)8-5-11-3-6-12(14)7-4-11/h3-8H,2,9-10H2,1H3,(H,15,16)/b8-5+. The van der Waals surface area contributed by atoms with Crippen molar-refractivity contribution < 1.29 is 13.2 Å². The first-order valence-corrected chi connectivity index (χ1v) is 8.20. The smallest absolute Gasteiger partial charge is 0.243 e. The molecule has 0 aromatic heterocycles. The van der Waals surface area contributed by atoms with Crippen molar-refractivity contribution in [2.24, 2.45) is 0 Å². The summed E-state index contributed by atoms with van der Waals surface area (Å²) in [6, 6.07) is 7.09. The molecule has 4 nitrogen and oxygen atoms in total. The highest BCUT2D eigenvalue weighted by Crippen LogP contribution is 2.10. The Balaban J connectivity index is 2.33. The molecule has 0 aliphatic carbocycles. The molecule has 1 amide bonds. The van der Waals surface area contributed by atoms with Crippen LogP contribution in [0.1, 0.15) is 12.0 Å². The zero-order valence-corrected chi connectivity index (χ0v) is 12.2. The van der Waals surface area contributed by atoms with Crippen molar-refractivity contribution in [2.45, 2.75) is 6.42 Å². The van der Waals surface area contributed by atoms with Gasteiger partial charge in [0.05, 0.1) is 5.75 Å². The molecule has 0 unspecified atom stereocenters. The van der Waals surface area contributed by atoms with Crippen LogP contribution in [0.15, 0.2) is 30.3 Å². The van der Waals surface area contributed by atoms with Crippen LogP contribution in [0.25, 0.3) is 6.08 Å². The van der Waals surface area contributed by atoms with Crippen LogP contribution in [0.4, 0.5) is 0 Å². The second-order valence-electron chi connectivity index (χ2n) is 4.16. The molecule has 1 rings (SSSR count). The Bertz CT molecular complexity index is 550. The maximum Gasteiger partial charge on any atom is 0.243 e. The van der Waals surface area contributed by atoms with Crippen LogP contribution < -0.4 is 5.32 Å². The lowest BCUT2D eigenvalue weighted by Gasteiger charge is -2.01. The number of rotatable bonds is 6. The van der Waals surface area contributed by atoms with E-state index in [1.807, 2.05) is 0 Å². The van der Waals surface area contributed by atoms with Gasteiger partial charge in [-0.15, -0.1) is 0 Å². The molecule has 0 saturated carbocycles. The van der Waals surface area contributed by atoms with Gasteiger partial charge in [0.2, 0.25) is 5.91 Å². The second kappa shape index (κ2) is 7.31. The Hall–Kier alpha value is -1.33. The van der Waals surface area contributed by atoms with Gasteiger partial charge in [0, 0.05) is 23.9 Å². The number of sulfone groups is 1. The predicted molar refractivity (Wildman–Crippen MR) is 77.8 cm³/mol. The van der Waals surface area contributed by atoms with Gasteiger partial charge in [-0.05, 0) is 30.2 Å². The Morgan fingerprint density at radius 1 is 1.32 bits per heavy atom. The van der Waals surface area contributed by atoms with Crippen LogP contribution in [-0.2, 0) is 14.6 Å². The van der Waals surface area contributed by atoms with Gasteiger partial charge in [0.15, 0.2) is 0 Å². The van der Waals surface area contributed by atoms with E-state index in [9.17, 15) is 13.2 Å². The summed E-state index contributed by atoms with van der Waals surface area (Å²) in [6.45, 7) is 0.344. The monoisotopic (exact) mass is 301 g/mol. The maximum absolute atomic E-state index is 11.4. The van der Waals surface area contributed by atoms with Crippen molar-refractivity contribution in [2.75, 3.05) is 18.6 Å². The van der Waals surface area contributed by atoms with Crippen LogP contribution in [0, 0.1) is 0 Å². The molecule has 1 aromatic rings. The summed E-state index contributed by atoms with van der Waals surface area (Å²) in [5, 5.41) is 3.26. The van der Waals surface area contributed by atoms with E-state index in [1.54, 1.807) is 30.3 Å². The molecule has 0 aliphatic heterocycles. The number of nitrogens with one attached hydrogen (secondary N) is 1. The van der Waals surface area contributed by atoms with Crippen molar-refractivity contribution in [3.8, 4) is 0 Å². The number of hydrogen-bond donors (Lipinski definition) is 1. The SMILES string of the molecule is CS(=O)(=O)CCCNC(=O)/C=C/c1ccc(Cl)cc1. The molecule has 0 fully saturated rings. The van der Waals surface area contributed by atoms with E-state index in [0.29, 0.717) is 18.0 Å². The second-order valence-corrected chi connectivity index (χ2v) is 6.86. The van der Waals surface area contributed by atoms with Gasteiger partial charge in [-0.3, -0.25) is 4.79 Å². The molecule has 6 heteroatoms. The molecule has 0 saturated heterocycles. The number of hydrogen-bond acceptors (Lipinski definition) is 3. The molecular formula is C13H16ClNO3S. The topological polar surface area (TPSA) is 63.2 Å². The van der Waals surface area contributed by atoms with E-state index in [2.05, 4.69) is 5.32 Å². The summed E-state index contributed by atoms with van der Waals surface area (Å²) in [7, 11) is -2.96. The third kappa shape index (κ3) is 7.64. The van der Waals surface area contributed by atoms with Crippen LogP contribution >= 0.6 is 11.6 Å². The Morgan fingerprint density at radius 3 is 2.53 bits per heavy atom. The molecule has 0 heterocycles. The van der Waals surface area contributed by atoms with Crippen molar-refractivity contribution >= 4 is 33.4 Å². The summed E-state index contributed by atoms with van der Waals surface area (Å²) in [5.41, 5.74) is 0.871.